The second-order valence-electron chi connectivity index (χ2n) is 3.61. The number of nitrogens with zero attached hydrogens (tertiary/aromatic N) is 1. The van der Waals surface area contributed by atoms with E-state index in [1.807, 2.05) is 0 Å². The van der Waals surface area contributed by atoms with Crippen molar-refractivity contribution in [2.24, 2.45) is 5.84 Å². The molecule has 0 aromatic heterocycles. The van der Waals surface area contributed by atoms with Crippen LogP contribution in [0.3, 0.4) is 0 Å². The van der Waals surface area contributed by atoms with Gasteiger partial charge < -0.3 is 0 Å². The molecule has 1 aromatic rings. The summed E-state index contributed by atoms with van der Waals surface area (Å²) in [5, 5.41) is 1.02. The molecule has 88 valence electrons. The molecule has 0 saturated heterocycles. The highest BCUT2D eigenvalue weighted by Gasteiger charge is 2.06. The molecule has 1 rings (SSSR count). The van der Waals surface area contributed by atoms with E-state index in [0.29, 0.717) is 24.8 Å². The Kier molecular flexibility index (Phi) is 4.37. The number of amides is 1. The van der Waals surface area contributed by atoms with Gasteiger partial charge in [-0.15, -0.1) is 0 Å². The van der Waals surface area contributed by atoms with Crippen LogP contribution in [0.15, 0.2) is 18.2 Å². The van der Waals surface area contributed by atoms with E-state index < -0.39 is 11.6 Å². The van der Waals surface area contributed by atoms with E-state index in [2.05, 4.69) is 0 Å². The van der Waals surface area contributed by atoms with Crippen LogP contribution in [0.5, 0.6) is 0 Å². The van der Waals surface area contributed by atoms with Crippen LogP contribution in [0, 0.1) is 11.6 Å². The molecule has 0 radical (unpaired) electrons. The Hall–Kier alpha value is -1.49. The summed E-state index contributed by atoms with van der Waals surface area (Å²) >= 11 is 0. The predicted molar refractivity (Wildman–Crippen MR) is 56.3 cm³/mol. The average Bonchev–Trinajstić information content (AvgIpc) is 2.23. The first kappa shape index (κ1) is 12.6. The van der Waals surface area contributed by atoms with Crippen LogP contribution in [-0.2, 0) is 11.2 Å². The Balaban J connectivity index is 2.43. The van der Waals surface area contributed by atoms with Crippen molar-refractivity contribution in [1.29, 1.82) is 0 Å². The largest absolute Gasteiger partial charge is 0.284 e. The van der Waals surface area contributed by atoms with Gasteiger partial charge in [0.05, 0.1) is 0 Å². The van der Waals surface area contributed by atoms with Gasteiger partial charge in [0.15, 0.2) is 11.6 Å². The second kappa shape index (κ2) is 5.55. The summed E-state index contributed by atoms with van der Waals surface area (Å²) in [6.07, 6.45) is 1.38. The first-order chi connectivity index (χ1) is 7.50. The highest BCUT2D eigenvalue weighted by molar-refractivity contribution is 5.75. The highest BCUT2D eigenvalue weighted by atomic mass is 19.2. The Bertz CT molecular complexity index is 380. The number of hydrogen-bond acceptors (Lipinski definition) is 2. The molecule has 1 aromatic carbocycles. The zero-order valence-corrected chi connectivity index (χ0v) is 9.04. The summed E-state index contributed by atoms with van der Waals surface area (Å²) in [5.41, 5.74) is 0.673. The molecule has 0 spiro atoms. The number of halogens is 2. The summed E-state index contributed by atoms with van der Waals surface area (Å²) in [6.45, 7) is 0. The van der Waals surface area contributed by atoms with Crippen molar-refractivity contribution in [3.05, 3.63) is 35.4 Å². The van der Waals surface area contributed by atoms with E-state index in [1.165, 1.54) is 13.1 Å². The molecule has 0 aliphatic carbocycles. The lowest BCUT2D eigenvalue weighted by Gasteiger charge is -2.09. The molecule has 0 unspecified atom stereocenters. The molecule has 5 heteroatoms. The number of aryl methyl sites for hydroxylation is 1. The molecule has 0 aliphatic rings. The molecule has 0 heterocycles. The number of carbonyl (C=O) groups excluding carboxylic acids is 1. The standard InChI is InChI=1S/C11H14F2N2O/c1-15(14)11(16)4-2-3-8-5-6-9(12)10(13)7-8/h5-7H,2-4,14H2,1H3. The molecular formula is C11H14F2N2O. The van der Waals surface area contributed by atoms with Gasteiger partial charge in [0, 0.05) is 13.5 Å². The minimum atomic E-state index is -0.861. The van der Waals surface area contributed by atoms with Crippen molar-refractivity contribution in [2.45, 2.75) is 19.3 Å². The van der Waals surface area contributed by atoms with Crippen molar-refractivity contribution < 1.29 is 13.6 Å². The third-order valence-corrected chi connectivity index (χ3v) is 2.23. The normalized spacial score (nSPS) is 10.2. The number of benzene rings is 1. The molecule has 1 amide bonds. The molecule has 0 saturated carbocycles. The summed E-state index contributed by atoms with van der Waals surface area (Å²) in [6, 6.07) is 3.74. The van der Waals surface area contributed by atoms with E-state index in [4.69, 9.17) is 5.84 Å². The number of carbonyl (C=O) groups is 1. The lowest BCUT2D eigenvalue weighted by atomic mass is 10.1. The van der Waals surface area contributed by atoms with Gasteiger partial charge in [0.25, 0.3) is 0 Å². The fourth-order valence-electron chi connectivity index (χ4n) is 1.32. The Morgan fingerprint density at radius 2 is 2.06 bits per heavy atom. The number of rotatable bonds is 4. The van der Waals surface area contributed by atoms with Crippen molar-refractivity contribution in [3.8, 4) is 0 Å². The highest BCUT2D eigenvalue weighted by Crippen LogP contribution is 2.11. The van der Waals surface area contributed by atoms with E-state index in [9.17, 15) is 13.6 Å². The van der Waals surface area contributed by atoms with Crippen LogP contribution in [0.2, 0.25) is 0 Å². The molecule has 2 N–H and O–H groups in total. The molecule has 0 aliphatic heterocycles. The maximum absolute atomic E-state index is 12.8. The van der Waals surface area contributed by atoms with Crippen molar-refractivity contribution in [2.75, 3.05) is 7.05 Å². The molecule has 0 bridgehead atoms. The van der Waals surface area contributed by atoms with Crippen LogP contribution in [0.4, 0.5) is 8.78 Å². The summed E-state index contributed by atoms with van der Waals surface area (Å²) in [5.74, 6) is 3.33. The average molecular weight is 228 g/mol. The lowest BCUT2D eigenvalue weighted by molar-refractivity contribution is -0.130. The van der Waals surface area contributed by atoms with Crippen molar-refractivity contribution >= 4 is 5.91 Å². The fourth-order valence-corrected chi connectivity index (χ4v) is 1.32. The first-order valence-corrected chi connectivity index (χ1v) is 4.96. The van der Waals surface area contributed by atoms with Crippen LogP contribution >= 0.6 is 0 Å². The minimum Gasteiger partial charge on any atom is -0.284 e. The minimum absolute atomic E-state index is 0.178. The van der Waals surface area contributed by atoms with Gasteiger partial charge in [-0.05, 0) is 30.5 Å². The molecule has 16 heavy (non-hydrogen) atoms. The zero-order valence-electron chi connectivity index (χ0n) is 9.04. The quantitative estimate of drug-likeness (QED) is 0.483. The molecule has 3 nitrogen and oxygen atoms in total. The van der Waals surface area contributed by atoms with Gasteiger partial charge >= 0.3 is 0 Å². The molecule has 0 atom stereocenters. The van der Waals surface area contributed by atoms with Gasteiger partial charge in [-0.3, -0.25) is 9.80 Å². The van der Waals surface area contributed by atoms with Gasteiger partial charge in [-0.1, -0.05) is 6.07 Å². The van der Waals surface area contributed by atoms with E-state index in [-0.39, 0.29) is 5.91 Å². The number of hydrogen-bond donors (Lipinski definition) is 1. The van der Waals surface area contributed by atoms with Crippen LogP contribution in [-0.4, -0.2) is 18.0 Å². The maximum Gasteiger partial charge on any atom is 0.236 e. The smallest absolute Gasteiger partial charge is 0.236 e. The Morgan fingerprint density at radius 3 is 2.62 bits per heavy atom. The number of hydrazine groups is 1. The van der Waals surface area contributed by atoms with Crippen molar-refractivity contribution in [1.82, 2.24) is 5.01 Å². The van der Waals surface area contributed by atoms with Crippen LogP contribution < -0.4 is 5.84 Å². The van der Waals surface area contributed by atoms with E-state index >= 15 is 0 Å². The third-order valence-electron chi connectivity index (χ3n) is 2.23. The summed E-state index contributed by atoms with van der Waals surface area (Å²) < 4.78 is 25.4. The van der Waals surface area contributed by atoms with E-state index in [1.54, 1.807) is 0 Å². The maximum atomic E-state index is 12.8. The Morgan fingerprint density at radius 1 is 1.38 bits per heavy atom. The van der Waals surface area contributed by atoms with Gasteiger partial charge in [0.2, 0.25) is 5.91 Å². The van der Waals surface area contributed by atoms with Crippen LogP contribution in [0.1, 0.15) is 18.4 Å². The summed E-state index contributed by atoms with van der Waals surface area (Å²) in [4.78, 5) is 11.1. The first-order valence-electron chi connectivity index (χ1n) is 4.96. The topological polar surface area (TPSA) is 46.3 Å². The van der Waals surface area contributed by atoms with Crippen molar-refractivity contribution in [3.63, 3.8) is 0 Å². The SMILES string of the molecule is CN(N)C(=O)CCCc1ccc(F)c(F)c1. The molecular weight excluding hydrogens is 214 g/mol. The van der Waals surface area contributed by atoms with Gasteiger partial charge in [-0.2, -0.15) is 0 Å². The summed E-state index contributed by atoms with van der Waals surface area (Å²) in [7, 11) is 1.47. The fraction of sp³-hybridized carbons (Fsp3) is 0.364. The second-order valence-corrected chi connectivity index (χ2v) is 3.61. The predicted octanol–water partition coefficient (Wildman–Crippen LogP) is 1.62. The van der Waals surface area contributed by atoms with E-state index in [0.717, 1.165) is 17.1 Å². The monoisotopic (exact) mass is 228 g/mol. The number of nitrogens with two attached hydrogens (primary N) is 1. The Labute approximate surface area is 92.8 Å². The lowest BCUT2D eigenvalue weighted by Crippen LogP contribution is -2.32. The molecule has 0 fully saturated rings. The zero-order chi connectivity index (χ0) is 12.1. The van der Waals surface area contributed by atoms with Crippen LogP contribution in [0.25, 0.3) is 0 Å². The third kappa shape index (κ3) is 3.58. The van der Waals surface area contributed by atoms with Gasteiger partial charge in [-0.25, -0.2) is 14.6 Å². The van der Waals surface area contributed by atoms with Gasteiger partial charge in [0.1, 0.15) is 0 Å².